The van der Waals surface area contributed by atoms with Crippen LogP contribution < -0.4 is 9.47 Å². The van der Waals surface area contributed by atoms with Gasteiger partial charge in [0.1, 0.15) is 0 Å². The Morgan fingerprint density at radius 2 is 1.86 bits per heavy atom. The van der Waals surface area contributed by atoms with E-state index >= 15 is 0 Å². The molecule has 2 aromatic carbocycles. The summed E-state index contributed by atoms with van der Waals surface area (Å²) in [5.41, 5.74) is 1.57. The molecule has 0 bridgehead atoms. The number of carbonyl (C=O) groups is 2. The van der Waals surface area contributed by atoms with Gasteiger partial charge in [0.05, 0.1) is 25.3 Å². The zero-order valence-corrected chi connectivity index (χ0v) is 21.7. The van der Waals surface area contributed by atoms with Crippen molar-refractivity contribution >= 4 is 17.8 Å². The van der Waals surface area contributed by atoms with E-state index in [0.717, 1.165) is 12.0 Å². The minimum atomic E-state index is -0.746. The van der Waals surface area contributed by atoms with Gasteiger partial charge in [0, 0.05) is 13.1 Å². The van der Waals surface area contributed by atoms with Gasteiger partial charge < -0.3 is 24.4 Å². The molecule has 1 atom stereocenters. The Morgan fingerprint density at radius 3 is 2.50 bits per heavy atom. The van der Waals surface area contributed by atoms with Crippen LogP contribution in [0.4, 0.5) is 0 Å². The number of allylic oxidation sites excluding steroid dienone is 1. The summed E-state index contributed by atoms with van der Waals surface area (Å²) < 4.78 is 11.5. The molecule has 0 saturated heterocycles. The highest BCUT2D eigenvalue weighted by Crippen LogP contribution is 2.41. The minimum absolute atomic E-state index is 0.0569. The molecule has 0 aliphatic carbocycles. The number of hydrogen-bond donors (Lipinski definition) is 1. The first-order valence-corrected chi connectivity index (χ1v) is 12.2. The van der Waals surface area contributed by atoms with Crippen LogP contribution >= 0.6 is 0 Å². The van der Waals surface area contributed by atoms with E-state index in [4.69, 9.17) is 9.47 Å². The normalized spacial score (nSPS) is 16.0. The largest absolute Gasteiger partial charge is 0.503 e. The molecule has 0 aromatic heterocycles. The first-order valence-electron chi connectivity index (χ1n) is 12.2. The molecule has 7 heteroatoms. The molecule has 36 heavy (non-hydrogen) atoms. The second-order valence-corrected chi connectivity index (χ2v) is 9.52. The Labute approximate surface area is 213 Å². The fraction of sp³-hybridized carbons (Fsp3) is 0.379. The number of amides is 1. The molecule has 2 aromatic rings. The Kier molecular flexibility index (Phi) is 9.31. The van der Waals surface area contributed by atoms with Crippen LogP contribution in [0.1, 0.15) is 37.4 Å². The number of ether oxygens (including phenoxy) is 2. The summed E-state index contributed by atoms with van der Waals surface area (Å²) in [5, 5.41) is 10.8. The van der Waals surface area contributed by atoms with Gasteiger partial charge in [-0.05, 0) is 55.8 Å². The Bertz CT molecular complexity index is 1120. The number of aliphatic hydroxyl groups excluding tert-OH is 1. The number of hydrogen-bond acceptors (Lipinski definition) is 6. The van der Waals surface area contributed by atoms with Crippen LogP contribution in [-0.4, -0.2) is 67.5 Å². The molecule has 1 unspecified atom stereocenters. The molecule has 1 N–H and O–H groups in total. The fourth-order valence-corrected chi connectivity index (χ4v) is 3.99. The number of methoxy groups -OCH3 is 1. The van der Waals surface area contributed by atoms with Crippen LogP contribution in [0.3, 0.4) is 0 Å². The van der Waals surface area contributed by atoms with Crippen molar-refractivity contribution in [1.82, 2.24) is 9.80 Å². The van der Waals surface area contributed by atoms with Crippen molar-refractivity contribution < 1.29 is 24.2 Å². The third kappa shape index (κ3) is 6.55. The number of ketones is 1. The number of nitrogens with zero attached hydrogens (tertiary/aromatic N) is 2. The van der Waals surface area contributed by atoms with E-state index in [1.807, 2.05) is 55.4 Å². The van der Waals surface area contributed by atoms with Crippen molar-refractivity contribution in [1.29, 1.82) is 0 Å². The van der Waals surface area contributed by atoms with E-state index in [0.29, 0.717) is 42.7 Å². The lowest BCUT2D eigenvalue weighted by Crippen LogP contribution is -2.36. The standard InChI is InChI=1S/C29H36N2O5/c1-20(2)15-18-36-24-14-12-22(19-25(24)35-5)27-26(23(32)13-11-21-9-7-6-8-10-21)28(33)29(34)31(27)17-16-30(3)4/h6-14,19-20,27,33H,15-18H2,1-5H3/b13-11+. The zero-order valence-electron chi connectivity index (χ0n) is 21.7. The Hall–Kier alpha value is -3.58. The van der Waals surface area contributed by atoms with Crippen LogP contribution in [0, 0.1) is 5.92 Å². The SMILES string of the molecule is COc1cc(C2C(C(=O)/C=C/c3ccccc3)=C(O)C(=O)N2CCN(C)C)ccc1OCCC(C)C. The summed E-state index contributed by atoms with van der Waals surface area (Å²) in [6.07, 6.45) is 3.99. The Morgan fingerprint density at radius 1 is 1.14 bits per heavy atom. The summed E-state index contributed by atoms with van der Waals surface area (Å²) in [4.78, 5) is 29.9. The van der Waals surface area contributed by atoms with Gasteiger partial charge in [-0.15, -0.1) is 0 Å². The highest BCUT2D eigenvalue weighted by atomic mass is 16.5. The molecule has 0 radical (unpaired) electrons. The molecule has 1 heterocycles. The predicted octanol–water partition coefficient (Wildman–Crippen LogP) is 4.66. The molecule has 3 rings (SSSR count). The average molecular weight is 493 g/mol. The summed E-state index contributed by atoms with van der Waals surface area (Å²) in [6.45, 7) is 5.73. The topological polar surface area (TPSA) is 79.3 Å². The quantitative estimate of drug-likeness (QED) is 0.434. The van der Waals surface area contributed by atoms with Crippen LogP contribution in [0.5, 0.6) is 11.5 Å². The highest BCUT2D eigenvalue weighted by Gasteiger charge is 2.43. The van der Waals surface area contributed by atoms with Gasteiger partial charge in [0.25, 0.3) is 5.91 Å². The average Bonchev–Trinajstić information content (AvgIpc) is 3.11. The lowest BCUT2D eigenvalue weighted by molar-refractivity contribution is -0.129. The lowest BCUT2D eigenvalue weighted by Gasteiger charge is -2.28. The molecule has 0 saturated carbocycles. The number of carbonyl (C=O) groups excluding carboxylic acids is 2. The molecular formula is C29H36N2O5. The fourth-order valence-electron chi connectivity index (χ4n) is 3.99. The van der Waals surface area contributed by atoms with Crippen LogP contribution in [0.25, 0.3) is 6.08 Å². The van der Waals surface area contributed by atoms with E-state index in [9.17, 15) is 14.7 Å². The number of benzene rings is 2. The molecule has 0 fully saturated rings. The molecule has 192 valence electrons. The summed E-state index contributed by atoms with van der Waals surface area (Å²) in [6, 6.07) is 14.0. The maximum Gasteiger partial charge on any atom is 0.290 e. The summed E-state index contributed by atoms with van der Waals surface area (Å²) in [7, 11) is 5.37. The van der Waals surface area contributed by atoms with Gasteiger partial charge in [-0.25, -0.2) is 0 Å². The van der Waals surface area contributed by atoms with E-state index in [1.165, 1.54) is 11.0 Å². The van der Waals surface area contributed by atoms with E-state index in [1.54, 1.807) is 25.3 Å². The Balaban J connectivity index is 1.97. The van der Waals surface area contributed by atoms with Crippen molar-refractivity contribution in [3.05, 3.63) is 77.1 Å². The number of aliphatic hydroxyl groups is 1. The zero-order chi connectivity index (χ0) is 26.2. The van der Waals surface area contributed by atoms with Gasteiger partial charge >= 0.3 is 0 Å². The summed E-state index contributed by atoms with van der Waals surface area (Å²) >= 11 is 0. The van der Waals surface area contributed by atoms with Crippen LogP contribution in [-0.2, 0) is 9.59 Å². The second-order valence-electron chi connectivity index (χ2n) is 9.52. The van der Waals surface area contributed by atoms with Crippen molar-refractivity contribution in [2.75, 3.05) is 40.9 Å². The van der Waals surface area contributed by atoms with Crippen molar-refractivity contribution in [3.8, 4) is 11.5 Å². The third-order valence-corrected chi connectivity index (χ3v) is 6.04. The van der Waals surface area contributed by atoms with Gasteiger partial charge in [0.15, 0.2) is 23.0 Å². The molecular weight excluding hydrogens is 456 g/mol. The highest BCUT2D eigenvalue weighted by molar-refractivity contribution is 6.14. The maximum absolute atomic E-state index is 13.3. The predicted molar refractivity (Wildman–Crippen MR) is 141 cm³/mol. The lowest BCUT2D eigenvalue weighted by atomic mass is 9.95. The van der Waals surface area contributed by atoms with Crippen LogP contribution in [0.15, 0.2) is 65.9 Å². The number of likely N-dealkylation sites (N-methyl/N-ethyl adjacent to an activating group) is 1. The van der Waals surface area contributed by atoms with Crippen LogP contribution in [0.2, 0.25) is 0 Å². The molecule has 7 nitrogen and oxygen atoms in total. The van der Waals surface area contributed by atoms with Crippen molar-refractivity contribution in [2.24, 2.45) is 5.92 Å². The summed E-state index contributed by atoms with van der Waals surface area (Å²) in [5.74, 6) is 0.117. The monoisotopic (exact) mass is 492 g/mol. The number of rotatable bonds is 12. The second kappa shape index (κ2) is 12.4. The first-order chi connectivity index (χ1) is 17.2. The first kappa shape index (κ1) is 27.0. The minimum Gasteiger partial charge on any atom is -0.503 e. The van der Waals surface area contributed by atoms with Crippen molar-refractivity contribution in [3.63, 3.8) is 0 Å². The molecule has 1 amide bonds. The molecule has 1 aliphatic heterocycles. The van der Waals surface area contributed by atoms with E-state index in [2.05, 4.69) is 13.8 Å². The van der Waals surface area contributed by atoms with Gasteiger partial charge in [-0.2, -0.15) is 0 Å². The van der Waals surface area contributed by atoms with Gasteiger partial charge in [0.2, 0.25) is 0 Å². The van der Waals surface area contributed by atoms with E-state index < -0.39 is 23.5 Å². The van der Waals surface area contributed by atoms with Gasteiger partial charge in [-0.1, -0.05) is 56.3 Å². The van der Waals surface area contributed by atoms with Crippen molar-refractivity contribution in [2.45, 2.75) is 26.3 Å². The maximum atomic E-state index is 13.3. The molecule has 0 spiro atoms. The van der Waals surface area contributed by atoms with E-state index in [-0.39, 0.29) is 5.57 Å². The molecule has 1 aliphatic rings. The smallest absolute Gasteiger partial charge is 0.290 e. The third-order valence-electron chi connectivity index (χ3n) is 6.04. The van der Waals surface area contributed by atoms with Gasteiger partial charge in [-0.3, -0.25) is 9.59 Å².